The molecule has 128 heavy (non-hydrogen) atoms. The molecule has 24 heteroatoms. The summed E-state index contributed by atoms with van der Waals surface area (Å²) in [4.78, 5) is 60.0. The van der Waals surface area contributed by atoms with E-state index in [0.29, 0.717) is 151 Å². The molecule has 5 saturated carbocycles. The van der Waals surface area contributed by atoms with E-state index in [9.17, 15) is 59.8 Å². The largest absolute Gasteiger partial charge is 0.493 e. The maximum Gasteiger partial charge on any atom is 0.250 e. The molecule has 0 unspecified atom stereocenters. The number of aliphatic hydroxyl groups excluding tert-OH is 1. The number of halogens is 7. The average Bonchev–Trinajstić information content (AvgIpc) is 1.25. The van der Waals surface area contributed by atoms with Gasteiger partial charge in [0.2, 0.25) is 35.5 Å². The summed E-state index contributed by atoms with van der Waals surface area (Å²) in [6.45, 7) is 31.3. The second kappa shape index (κ2) is 44.2. The van der Waals surface area contributed by atoms with E-state index in [4.69, 9.17) is 28.4 Å². The predicted octanol–water partition coefficient (Wildman–Crippen LogP) is 23.5. The summed E-state index contributed by atoms with van der Waals surface area (Å²) in [6.07, 6.45) is 40.4. The van der Waals surface area contributed by atoms with Gasteiger partial charge in [-0.25, -0.2) is 30.7 Å². The molecule has 0 bridgehead atoms. The van der Waals surface area contributed by atoms with E-state index in [1.807, 2.05) is 80.6 Å². The topological polar surface area (TPSA) is 212 Å². The minimum absolute atomic E-state index is 0.0166. The smallest absolute Gasteiger partial charge is 0.250 e. The van der Waals surface area contributed by atoms with Crippen LogP contribution in [0, 0.1) is 35.4 Å². The second-order valence-electron chi connectivity index (χ2n) is 36.8. The van der Waals surface area contributed by atoms with Gasteiger partial charge in [-0.1, -0.05) is 81.5 Å². The summed E-state index contributed by atoms with van der Waals surface area (Å²) in [5.74, 6) is 0.414. The van der Waals surface area contributed by atoms with E-state index >= 15 is 0 Å². The molecule has 5 heterocycles. The Balaban J connectivity index is 0.000000155. The zero-order chi connectivity index (χ0) is 92.3. The number of hydrogen-bond donors (Lipinski definition) is 5. The van der Waals surface area contributed by atoms with Crippen LogP contribution >= 0.6 is 0 Å². The first-order valence-electron chi connectivity index (χ1n) is 45.4. The van der Waals surface area contributed by atoms with Crippen molar-refractivity contribution in [2.75, 3.05) is 59.1 Å². The number of fused-ring (bicyclic) bond motifs is 5. The molecule has 0 aromatic heterocycles. The van der Waals surface area contributed by atoms with Gasteiger partial charge in [-0.15, -0.1) is 0 Å². The fourth-order valence-electron chi connectivity index (χ4n) is 18.2. The Hall–Kier alpha value is -10.5. The number of alkyl halides is 6. The Labute approximate surface area is 750 Å². The fourth-order valence-corrected chi connectivity index (χ4v) is 18.2. The highest BCUT2D eigenvalue weighted by Gasteiger charge is 2.39. The number of anilines is 5. The number of nitrogens with one attached hydrogen (secondary N) is 4. The molecule has 0 saturated heterocycles. The number of benzene rings is 5. The molecule has 5 aromatic rings. The zero-order valence-electron chi connectivity index (χ0n) is 75.3. The maximum absolute atomic E-state index is 14.5. The van der Waals surface area contributed by atoms with Crippen molar-refractivity contribution < 1.29 is 88.2 Å². The second-order valence-corrected chi connectivity index (χ2v) is 36.8. The van der Waals surface area contributed by atoms with Crippen LogP contribution in [0.15, 0.2) is 142 Å². The third-order valence-corrected chi connectivity index (χ3v) is 25.9. The van der Waals surface area contributed by atoms with E-state index in [1.54, 1.807) is 33.8 Å². The van der Waals surface area contributed by atoms with Crippen LogP contribution in [-0.2, 0) is 67.4 Å². The minimum Gasteiger partial charge on any atom is -0.493 e. The van der Waals surface area contributed by atoms with Crippen molar-refractivity contribution in [3.8, 4) is 28.7 Å². The van der Waals surface area contributed by atoms with Gasteiger partial charge in [0.25, 0.3) is 0 Å². The Bertz CT molecular complexity index is 4810. The van der Waals surface area contributed by atoms with Gasteiger partial charge in [0, 0.05) is 117 Å². The standard InChI is InChI=1S/C22H28FNO3.2C21H26FNO2.C20H25F2NO3.C20H23F2NO2/c1-3-20(26)24(11-12-25)19-14-17(21-18(15-19)8-13-27-21)5-4-16-6-9-22(2,23)10-7-16;2*1-4-19(24)23-18-12-16(20-17(13-18)11-14(2)25-20)6-5-15-7-9-21(3,22)10-8-15;1-3-18(24)23-16-10-13-8-9-25-19(13)14(11-16)12-26-17-6-4-15(5-7-17)20(2,21)22;1-3-17(24)23-16-12-14(19-15(18(16)21)8-11-25-19)5-4-13-6-9-20(2,22)10-7-13/h3-5,14-16,25H,1,6-13H2,2H3;2*4-6,12-15H,1,7-11H2,2-3H3,(H,23,24);3,10-11,15,17H,1,4-9,12H2,2H3,(H,23,24);3-5,12-13H,1,6-11H2,2H3,(H,23,24)/b5-4+;2*6-5+;;5-4+/t;2*14-,15?,21?;;/m.10../s1. The van der Waals surface area contributed by atoms with E-state index in [-0.39, 0.29) is 60.8 Å². The molecule has 2 atom stereocenters. The van der Waals surface area contributed by atoms with Crippen molar-refractivity contribution in [3.05, 3.63) is 204 Å². The van der Waals surface area contributed by atoms with Crippen LogP contribution in [0.1, 0.15) is 233 Å². The van der Waals surface area contributed by atoms with E-state index in [0.717, 1.165) is 180 Å². The number of rotatable bonds is 24. The van der Waals surface area contributed by atoms with Crippen LogP contribution in [-0.4, -0.2) is 115 Å². The molecule has 5 aliphatic carbocycles. The van der Waals surface area contributed by atoms with Crippen molar-refractivity contribution >= 4 is 82.3 Å². The van der Waals surface area contributed by atoms with Gasteiger partial charge in [-0.3, -0.25) is 24.0 Å². The van der Waals surface area contributed by atoms with Crippen LogP contribution in [0.3, 0.4) is 0 Å². The van der Waals surface area contributed by atoms with Gasteiger partial charge >= 0.3 is 0 Å². The summed E-state index contributed by atoms with van der Waals surface area (Å²) in [5, 5.41) is 20.3. The Morgan fingerprint density at radius 2 is 0.852 bits per heavy atom. The number of nitrogens with zero attached hydrogens (tertiary/aromatic N) is 1. The van der Waals surface area contributed by atoms with Crippen LogP contribution < -0.4 is 49.9 Å². The third-order valence-electron chi connectivity index (χ3n) is 25.9. The fraction of sp³-hybridized carbons (Fsp3) is 0.490. The van der Waals surface area contributed by atoms with Crippen molar-refractivity contribution in [1.29, 1.82) is 0 Å². The molecule has 5 fully saturated rings. The minimum atomic E-state index is -2.61. The van der Waals surface area contributed by atoms with Crippen molar-refractivity contribution in [2.45, 2.75) is 263 Å². The van der Waals surface area contributed by atoms with Crippen molar-refractivity contribution in [1.82, 2.24) is 0 Å². The number of hydrogen-bond acceptors (Lipinski definition) is 12. The molecule has 0 spiro atoms. The number of carbonyl (C=O) groups excluding carboxylic acids is 5. The number of ether oxygens (including phenoxy) is 6. The van der Waals surface area contributed by atoms with Gasteiger partial charge in [-0.05, 0) is 291 Å². The lowest BCUT2D eigenvalue weighted by molar-refractivity contribution is -0.114. The van der Waals surface area contributed by atoms with Crippen LogP contribution in [0.2, 0.25) is 0 Å². The lowest BCUT2D eigenvalue weighted by atomic mass is 9.81. The number of carbonyl (C=O) groups is 5. The normalized spacial score (nSPS) is 25.8. The average molecular weight is 1770 g/mol. The molecule has 10 aliphatic rings. The molecule has 5 amide bonds. The van der Waals surface area contributed by atoms with Gasteiger partial charge < -0.3 is 59.7 Å². The van der Waals surface area contributed by atoms with Crippen LogP contribution in [0.4, 0.5) is 59.2 Å². The molecular formula is C104H128F7N5O12. The van der Waals surface area contributed by atoms with Gasteiger partial charge in [0.05, 0.1) is 44.8 Å². The monoisotopic (exact) mass is 1770 g/mol. The van der Waals surface area contributed by atoms with Crippen LogP contribution in [0.5, 0.6) is 28.7 Å². The van der Waals surface area contributed by atoms with E-state index in [1.165, 1.54) is 29.2 Å². The summed E-state index contributed by atoms with van der Waals surface area (Å²) in [7, 11) is 0. The highest BCUT2D eigenvalue weighted by Crippen LogP contribution is 2.46. The van der Waals surface area contributed by atoms with Crippen molar-refractivity contribution in [2.24, 2.45) is 29.6 Å². The quantitative estimate of drug-likeness (QED) is 0.0288. The zero-order valence-corrected chi connectivity index (χ0v) is 75.3. The summed E-state index contributed by atoms with van der Waals surface area (Å²) >= 11 is 0. The molecule has 17 nitrogen and oxygen atoms in total. The van der Waals surface area contributed by atoms with Gasteiger partial charge in [0.15, 0.2) is 5.82 Å². The highest BCUT2D eigenvalue weighted by molar-refractivity contribution is 6.03. The third kappa shape index (κ3) is 27.8. The molecule has 15 rings (SSSR count). The Morgan fingerprint density at radius 3 is 1.27 bits per heavy atom. The molecule has 690 valence electrons. The maximum atomic E-state index is 14.5. The van der Waals surface area contributed by atoms with Crippen LogP contribution in [0.25, 0.3) is 24.3 Å². The predicted molar refractivity (Wildman–Crippen MR) is 495 cm³/mol. The summed E-state index contributed by atoms with van der Waals surface area (Å²) < 4.78 is 132. The first-order valence-corrected chi connectivity index (χ1v) is 45.4. The first kappa shape index (κ1) is 98.1. The molecule has 5 aliphatic heterocycles. The molecule has 5 N–H and O–H groups in total. The molecule has 0 radical (unpaired) electrons. The van der Waals surface area contributed by atoms with Gasteiger partial charge in [0.1, 0.15) is 63.6 Å². The summed E-state index contributed by atoms with van der Waals surface area (Å²) in [6, 6.07) is 17.0. The highest BCUT2D eigenvalue weighted by atomic mass is 19.3. The number of amides is 5. The molecular weight excluding hydrogens is 1640 g/mol. The van der Waals surface area contributed by atoms with Crippen molar-refractivity contribution in [3.63, 3.8) is 0 Å². The van der Waals surface area contributed by atoms with E-state index < -0.39 is 46.2 Å². The Morgan fingerprint density at radius 1 is 0.477 bits per heavy atom. The number of allylic oxidation sites excluding steroid dienone is 4. The first-order chi connectivity index (χ1) is 60.9. The summed E-state index contributed by atoms with van der Waals surface area (Å²) in [5.41, 5.74) is 8.20. The lowest BCUT2D eigenvalue weighted by Gasteiger charge is -2.32. The molecule has 5 aromatic carbocycles. The van der Waals surface area contributed by atoms with Gasteiger partial charge in [-0.2, -0.15) is 0 Å². The lowest BCUT2D eigenvalue weighted by Crippen LogP contribution is -2.32. The Kier molecular flexibility index (Phi) is 33.9. The SMILES string of the molecule is C=CC(=O)N(CCO)c1cc(/C=C/C2CCC(C)(F)CC2)c2c(c1)CCO2.C=CC(=O)Nc1cc(/C=C/C2CCC(C)(F)CC2)c2c(c1)C[C@@H](C)O2.C=CC(=O)Nc1cc(/C=C/C2CCC(C)(F)CC2)c2c(c1)C[C@H](C)O2.C=CC(=O)Nc1cc(/C=C/C2CCC(C)(F)CC2)c2c(c1F)CCO2.C=CC(=O)Nc1cc2c(c(COC3CCC(C(C)(F)F)CC3)c1)OCC2. The van der Waals surface area contributed by atoms with E-state index in [2.05, 4.69) is 84.5 Å². The number of aliphatic hydroxyl groups is 1.